The van der Waals surface area contributed by atoms with E-state index >= 15 is 0 Å². The third-order valence-corrected chi connectivity index (χ3v) is 5.87. The predicted octanol–water partition coefficient (Wildman–Crippen LogP) is 3.06. The number of hydrogen-bond donors (Lipinski definition) is 2. The molecule has 4 amide bonds. The molecule has 1 atom stereocenters. The van der Waals surface area contributed by atoms with Gasteiger partial charge < -0.3 is 15.5 Å². The number of amides is 4. The molecule has 2 aromatic rings. The van der Waals surface area contributed by atoms with E-state index in [0.29, 0.717) is 49.0 Å². The molecule has 31 heavy (non-hydrogen) atoms. The van der Waals surface area contributed by atoms with Crippen LogP contribution in [0.1, 0.15) is 28.8 Å². The van der Waals surface area contributed by atoms with E-state index in [1.165, 1.54) is 6.20 Å². The maximum Gasteiger partial charge on any atom is 0.322 e. The van der Waals surface area contributed by atoms with Gasteiger partial charge in [0.25, 0.3) is 5.91 Å². The molecule has 4 rings (SSSR count). The highest BCUT2D eigenvalue weighted by molar-refractivity contribution is 6.30. The molecule has 0 spiro atoms. The Hall–Kier alpha value is -3.13. The lowest BCUT2D eigenvalue weighted by Gasteiger charge is -2.32. The number of nitrogens with zero attached hydrogens (tertiary/aromatic N) is 3. The van der Waals surface area contributed by atoms with Crippen molar-refractivity contribution in [2.75, 3.05) is 36.4 Å². The van der Waals surface area contributed by atoms with Crippen LogP contribution in [-0.2, 0) is 4.79 Å². The van der Waals surface area contributed by atoms with E-state index in [-0.39, 0.29) is 23.8 Å². The van der Waals surface area contributed by atoms with E-state index in [1.807, 2.05) is 19.1 Å². The van der Waals surface area contributed by atoms with Crippen LogP contribution >= 0.6 is 11.6 Å². The monoisotopic (exact) mass is 441 g/mol. The summed E-state index contributed by atoms with van der Waals surface area (Å²) in [7, 11) is 0. The highest BCUT2D eigenvalue weighted by atomic mass is 35.5. The Morgan fingerprint density at radius 2 is 2.06 bits per heavy atom. The van der Waals surface area contributed by atoms with Crippen LogP contribution in [0.25, 0.3) is 0 Å². The smallest absolute Gasteiger partial charge is 0.322 e. The number of carbonyl (C=O) groups is 3. The van der Waals surface area contributed by atoms with E-state index in [1.54, 1.807) is 28.0 Å². The number of halogens is 1. The van der Waals surface area contributed by atoms with Crippen LogP contribution in [0, 0.1) is 12.8 Å². The summed E-state index contributed by atoms with van der Waals surface area (Å²) in [6, 6.07) is 8.56. The minimum absolute atomic E-state index is 0.109. The molecule has 2 fully saturated rings. The van der Waals surface area contributed by atoms with E-state index in [2.05, 4.69) is 15.6 Å². The number of piperidine rings is 1. The number of hydrogen-bond acceptors (Lipinski definition) is 4. The molecule has 0 radical (unpaired) electrons. The number of carbonyl (C=O) groups excluding carboxylic acids is 3. The van der Waals surface area contributed by atoms with Crippen LogP contribution in [-0.4, -0.2) is 53.9 Å². The minimum Gasteiger partial charge on any atom is -0.338 e. The van der Waals surface area contributed by atoms with Crippen molar-refractivity contribution in [3.05, 3.63) is 52.7 Å². The summed E-state index contributed by atoms with van der Waals surface area (Å²) in [5, 5.41) is 6.08. The van der Waals surface area contributed by atoms with E-state index in [9.17, 15) is 14.4 Å². The fraction of sp³-hybridized carbons (Fsp3) is 0.364. The third-order valence-electron chi connectivity index (χ3n) is 5.65. The second-order valence-electron chi connectivity index (χ2n) is 7.83. The first-order chi connectivity index (χ1) is 14.9. The Balaban J connectivity index is 1.42. The Kier molecular flexibility index (Phi) is 6.08. The number of urea groups is 1. The molecule has 2 aliphatic heterocycles. The maximum absolute atomic E-state index is 13.1. The Bertz CT molecular complexity index is 1010. The van der Waals surface area contributed by atoms with Gasteiger partial charge in [0.05, 0.1) is 10.9 Å². The summed E-state index contributed by atoms with van der Waals surface area (Å²) in [6.07, 6.45) is 2.94. The summed E-state index contributed by atoms with van der Waals surface area (Å²) in [5.74, 6) is -0.125. The lowest BCUT2D eigenvalue weighted by molar-refractivity contribution is -0.121. The number of rotatable bonds is 4. The Labute approximate surface area is 185 Å². The molecule has 2 aliphatic rings. The van der Waals surface area contributed by atoms with Crippen molar-refractivity contribution < 1.29 is 14.4 Å². The molecule has 2 saturated heterocycles. The second-order valence-corrected chi connectivity index (χ2v) is 8.26. The lowest BCUT2D eigenvalue weighted by Crippen LogP contribution is -2.43. The van der Waals surface area contributed by atoms with Crippen molar-refractivity contribution in [3.8, 4) is 0 Å². The van der Waals surface area contributed by atoms with Gasteiger partial charge in [0.2, 0.25) is 5.91 Å². The summed E-state index contributed by atoms with van der Waals surface area (Å²) < 4.78 is 0. The topological polar surface area (TPSA) is 94.6 Å². The number of likely N-dealkylation sites (tertiary alicyclic amines) is 1. The zero-order valence-corrected chi connectivity index (χ0v) is 18.0. The number of pyridine rings is 1. The zero-order valence-electron chi connectivity index (χ0n) is 17.2. The van der Waals surface area contributed by atoms with Gasteiger partial charge in [0.1, 0.15) is 5.82 Å². The summed E-state index contributed by atoms with van der Waals surface area (Å²) in [4.78, 5) is 45.2. The van der Waals surface area contributed by atoms with Gasteiger partial charge in [-0.2, -0.15) is 0 Å². The van der Waals surface area contributed by atoms with Gasteiger partial charge >= 0.3 is 6.03 Å². The van der Waals surface area contributed by atoms with E-state index in [0.717, 1.165) is 17.7 Å². The van der Waals surface area contributed by atoms with E-state index in [4.69, 9.17) is 11.6 Å². The largest absolute Gasteiger partial charge is 0.338 e. The fourth-order valence-corrected chi connectivity index (χ4v) is 4.14. The van der Waals surface area contributed by atoms with Crippen LogP contribution in [0.2, 0.25) is 5.02 Å². The highest BCUT2D eigenvalue weighted by Crippen LogP contribution is 2.25. The zero-order chi connectivity index (χ0) is 22.0. The molecule has 8 nitrogen and oxygen atoms in total. The van der Waals surface area contributed by atoms with Gasteiger partial charge in [-0.3, -0.25) is 14.5 Å². The standard InChI is InChI=1S/C22H24ClN5O3/c1-14-11-15(4-6-18(14)28-10-8-24-22(28)31)21(30)27-9-2-3-16(13-27)20(29)26-19-7-5-17(23)12-25-19/h4-7,11-12,16H,2-3,8-10,13H2,1H3,(H,24,31)(H,25,26,29). The summed E-state index contributed by atoms with van der Waals surface area (Å²) >= 11 is 5.83. The Morgan fingerprint density at radius 3 is 2.74 bits per heavy atom. The van der Waals surface area contributed by atoms with Crippen LogP contribution in [0.4, 0.5) is 16.3 Å². The molecule has 9 heteroatoms. The average Bonchev–Trinajstić information content (AvgIpc) is 3.20. The van der Waals surface area contributed by atoms with Gasteiger partial charge in [-0.15, -0.1) is 0 Å². The van der Waals surface area contributed by atoms with Gasteiger partial charge in [-0.25, -0.2) is 9.78 Å². The SMILES string of the molecule is Cc1cc(C(=O)N2CCCC(C(=O)Nc3ccc(Cl)cn3)C2)ccc1N1CCNC1=O. The predicted molar refractivity (Wildman–Crippen MR) is 118 cm³/mol. The molecule has 1 aromatic heterocycles. The molecule has 0 saturated carbocycles. The van der Waals surface area contributed by atoms with Crippen molar-refractivity contribution in [1.29, 1.82) is 0 Å². The van der Waals surface area contributed by atoms with Gasteiger partial charge in [0.15, 0.2) is 0 Å². The number of benzene rings is 1. The summed E-state index contributed by atoms with van der Waals surface area (Å²) in [5.41, 5.74) is 2.22. The first kappa shape index (κ1) is 21.1. The Morgan fingerprint density at radius 1 is 1.23 bits per heavy atom. The van der Waals surface area contributed by atoms with Crippen LogP contribution in [0.5, 0.6) is 0 Å². The molecule has 0 bridgehead atoms. The number of nitrogens with one attached hydrogen (secondary N) is 2. The van der Waals surface area contributed by atoms with Crippen molar-refractivity contribution >= 4 is 41.0 Å². The second kappa shape index (κ2) is 8.93. The minimum atomic E-state index is -0.302. The van der Waals surface area contributed by atoms with Gasteiger partial charge in [0, 0.05) is 43.6 Å². The molecular weight excluding hydrogens is 418 g/mol. The van der Waals surface area contributed by atoms with Crippen LogP contribution < -0.4 is 15.5 Å². The average molecular weight is 442 g/mol. The van der Waals surface area contributed by atoms with Crippen molar-refractivity contribution in [2.45, 2.75) is 19.8 Å². The number of anilines is 2. The fourth-order valence-electron chi connectivity index (χ4n) is 4.03. The van der Waals surface area contributed by atoms with Crippen molar-refractivity contribution in [2.24, 2.45) is 5.92 Å². The summed E-state index contributed by atoms with van der Waals surface area (Å²) in [6.45, 7) is 4.08. The van der Waals surface area contributed by atoms with E-state index < -0.39 is 0 Å². The molecule has 2 N–H and O–H groups in total. The lowest BCUT2D eigenvalue weighted by atomic mass is 9.96. The van der Waals surface area contributed by atoms with Crippen LogP contribution in [0.3, 0.4) is 0 Å². The van der Waals surface area contributed by atoms with Crippen LogP contribution in [0.15, 0.2) is 36.5 Å². The first-order valence-electron chi connectivity index (χ1n) is 10.3. The number of aromatic nitrogens is 1. The molecule has 3 heterocycles. The quantitative estimate of drug-likeness (QED) is 0.762. The van der Waals surface area contributed by atoms with Gasteiger partial charge in [-0.1, -0.05) is 11.6 Å². The highest BCUT2D eigenvalue weighted by Gasteiger charge is 2.30. The van der Waals surface area contributed by atoms with Crippen molar-refractivity contribution in [1.82, 2.24) is 15.2 Å². The maximum atomic E-state index is 13.1. The third kappa shape index (κ3) is 4.64. The molecule has 1 aromatic carbocycles. The molecule has 162 valence electrons. The normalized spacial score (nSPS) is 18.6. The van der Waals surface area contributed by atoms with Crippen molar-refractivity contribution in [3.63, 3.8) is 0 Å². The molecular formula is C22H24ClN5O3. The molecule has 1 unspecified atom stereocenters. The molecule has 0 aliphatic carbocycles. The first-order valence-corrected chi connectivity index (χ1v) is 10.7. The van der Waals surface area contributed by atoms with Gasteiger partial charge in [-0.05, 0) is 55.7 Å². The number of aryl methyl sites for hydroxylation is 1.